The highest BCUT2D eigenvalue weighted by atomic mass is 35.5. The highest BCUT2D eigenvalue weighted by molar-refractivity contribution is 6.36. The Morgan fingerprint density at radius 2 is 1.76 bits per heavy atom. The SMILES string of the molecule is Cc1cnc(Nc2ccc(C#N)cc2)nc1Cc1c(Cl)cccc1Cl. The van der Waals surface area contributed by atoms with Gasteiger partial charge in [-0.25, -0.2) is 9.97 Å². The van der Waals surface area contributed by atoms with E-state index in [0.29, 0.717) is 28.0 Å². The molecule has 124 valence electrons. The molecule has 0 bridgehead atoms. The maximum atomic E-state index is 8.85. The fourth-order valence-electron chi connectivity index (χ4n) is 2.34. The van der Waals surface area contributed by atoms with E-state index in [1.165, 1.54) is 0 Å². The predicted octanol–water partition coefficient (Wildman–Crippen LogP) is 5.30. The van der Waals surface area contributed by atoms with Gasteiger partial charge in [0.05, 0.1) is 17.3 Å². The summed E-state index contributed by atoms with van der Waals surface area (Å²) in [6, 6.07) is 14.6. The van der Waals surface area contributed by atoms with E-state index in [4.69, 9.17) is 28.5 Å². The summed E-state index contributed by atoms with van der Waals surface area (Å²) >= 11 is 12.5. The molecule has 4 nitrogen and oxygen atoms in total. The highest BCUT2D eigenvalue weighted by Crippen LogP contribution is 2.27. The summed E-state index contributed by atoms with van der Waals surface area (Å²) in [7, 11) is 0. The molecular weight excluding hydrogens is 355 g/mol. The third kappa shape index (κ3) is 4.08. The van der Waals surface area contributed by atoms with Crippen LogP contribution in [-0.2, 0) is 6.42 Å². The summed E-state index contributed by atoms with van der Waals surface area (Å²) in [5.74, 6) is 0.480. The number of aryl methyl sites for hydroxylation is 1. The molecule has 0 saturated heterocycles. The molecule has 0 atom stereocenters. The van der Waals surface area contributed by atoms with E-state index in [0.717, 1.165) is 22.5 Å². The molecule has 3 aromatic rings. The second kappa shape index (κ2) is 7.52. The van der Waals surface area contributed by atoms with Gasteiger partial charge in [0.25, 0.3) is 0 Å². The first kappa shape index (κ1) is 17.2. The molecule has 3 rings (SSSR count). The first-order valence-electron chi connectivity index (χ1n) is 7.59. The second-order valence-corrected chi connectivity index (χ2v) is 6.33. The van der Waals surface area contributed by atoms with Crippen molar-refractivity contribution in [1.82, 2.24) is 9.97 Å². The number of halogens is 2. The van der Waals surface area contributed by atoms with Gasteiger partial charge in [0.15, 0.2) is 0 Å². The van der Waals surface area contributed by atoms with Crippen LogP contribution in [0.25, 0.3) is 0 Å². The van der Waals surface area contributed by atoms with Gasteiger partial charge in [-0.3, -0.25) is 0 Å². The van der Waals surface area contributed by atoms with Crippen LogP contribution in [-0.4, -0.2) is 9.97 Å². The number of anilines is 2. The minimum Gasteiger partial charge on any atom is -0.324 e. The highest BCUT2D eigenvalue weighted by Gasteiger charge is 2.11. The Morgan fingerprint density at radius 3 is 2.40 bits per heavy atom. The van der Waals surface area contributed by atoms with Crippen molar-refractivity contribution < 1.29 is 0 Å². The molecular formula is C19H14Cl2N4. The van der Waals surface area contributed by atoms with Gasteiger partial charge < -0.3 is 5.32 Å². The van der Waals surface area contributed by atoms with Gasteiger partial charge in [-0.1, -0.05) is 29.3 Å². The van der Waals surface area contributed by atoms with Crippen molar-refractivity contribution in [3.05, 3.63) is 81.1 Å². The number of nitrogens with one attached hydrogen (secondary N) is 1. The molecule has 6 heteroatoms. The summed E-state index contributed by atoms with van der Waals surface area (Å²) < 4.78 is 0. The third-order valence-corrected chi connectivity index (χ3v) is 4.46. The summed E-state index contributed by atoms with van der Waals surface area (Å²) in [6.45, 7) is 1.95. The zero-order valence-corrected chi connectivity index (χ0v) is 14.9. The molecule has 1 N–H and O–H groups in total. The standard InChI is InChI=1S/C19H14Cl2N4/c1-12-11-23-19(24-14-7-5-13(10-22)6-8-14)25-18(12)9-15-16(20)3-2-4-17(15)21/h2-8,11H,9H2,1H3,(H,23,24,25). The Bertz CT molecular complexity index is 926. The van der Waals surface area contributed by atoms with Crippen LogP contribution in [0.1, 0.15) is 22.4 Å². The minimum atomic E-state index is 0.480. The van der Waals surface area contributed by atoms with Crippen molar-refractivity contribution in [1.29, 1.82) is 5.26 Å². The summed E-state index contributed by atoms with van der Waals surface area (Å²) in [5.41, 5.74) is 4.06. The van der Waals surface area contributed by atoms with Crippen molar-refractivity contribution in [2.45, 2.75) is 13.3 Å². The van der Waals surface area contributed by atoms with Crippen LogP contribution in [0.15, 0.2) is 48.7 Å². The van der Waals surface area contributed by atoms with Gasteiger partial charge in [0, 0.05) is 28.4 Å². The van der Waals surface area contributed by atoms with Crippen LogP contribution in [0.4, 0.5) is 11.6 Å². The third-order valence-electron chi connectivity index (χ3n) is 3.75. The lowest BCUT2D eigenvalue weighted by Gasteiger charge is -2.11. The average Bonchev–Trinajstić information content (AvgIpc) is 2.61. The molecule has 0 aliphatic carbocycles. The van der Waals surface area contributed by atoms with E-state index in [1.807, 2.05) is 37.3 Å². The lowest BCUT2D eigenvalue weighted by Crippen LogP contribution is -2.04. The van der Waals surface area contributed by atoms with E-state index in [9.17, 15) is 0 Å². The number of hydrogen-bond donors (Lipinski definition) is 1. The maximum Gasteiger partial charge on any atom is 0.227 e. The van der Waals surface area contributed by atoms with Crippen LogP contribution in [0.3, 0.4) is 0 Å². The zero-order chi connectivity index (χ0) is 17.8. The fourth-order valence-corrected chi connectivity index (χ4v) is 2.87. The molecule has 0 fully saturated rings. The molecule has 1 aromatic heterocycles. The quantitative estimate of drug-likeness (QED) is 0.678. The number of nitrogens with zero attached hydrogens (tertiary/aromatic N) is 3. The Hall–Kier alpha value is -2.61. The lowest BCUT2D eigenvalue weighted by atomic mass is 10.1. The lowest BCUT2D eigenvalue weighted by molar-refractivity contribution is 1.00. The average molecular weight is 369 g/mol. The van der Waals surface area contributed by atoms with Crippen molar-refractivity contribution >= 4 is 34.8 Å². The van der Waals surface area contributed by atoms with E-state index in [-0.39, 0.29) is 0 Å². The number of benzene rings is 2. The molecule has 0 unspecified atom stereocenters. The molecule has 0 amide bonds. The monoisotopic (exact) mass is 368 g/mol. The van der Waals surface area contributed by atoms with Crippen LogP contribution >= 0.6 is 23.2 Å². The number of rotatable bonds is 4. The van der Waals surface area contributed by atoms with Gasteiger partial charge in [0.1, 0.15) is 0 Å². The summed E-state index contributed by atoms with van der Waals surface area (Å²) in [6.07, 6.45) is 2.29. The Balaban J connectivity index is 1.86. The predicted molar refractivity (Wildman–Crippen MR) is 100 cm³/mol. The Kier molecular flexibility index (Phi) is 5.18. The molecule has 0 radical (unpaired) electrons. The van der Waals surface area contributed by atoms with Crippen LogP contribution in [0, 0.1) is 18.3 Å². The van der Waals surface area contributed by atoms with Gasteiger partial charge in [-0.15, -0.1) is 0 Å². The smallest absolute Gasteiger partial charge is 0.227 e. The van der Waals surface area contributed by atoms with E-state index in [2.05, 4.69) is 21.4 Å². The minimum absolute atomic E-state index is 0.480. The van der Waals surface area contributed by atoms with Crippen LogP contribution in [0.2, 0.25) is 10.0 Å². The molecule has 2 aromatic carbocycles. The second-order valence-electron chi connectivity index (χ2n) is 5.51. The fraction of sp³-hybridized carbons (Fsp3) is 0.105. The zero-order valence-electron chi connectivity index (χ0n) is 13.4. The van der Waals surface area contributed by atoms with E-state index < -0.39 is 0 Å². The van der Waals surface area contributed by atoms with Gasteiger partial charge in [-0.2, -0.15) is 5.26 Å². The normalized spacial score (nSPS) is 10.3. The number of nitriles is 1. The first-order chi connectivity index (χ1) is 12.1. The maximum absolute atomic E-state index is 8.85. The molecule has 0 aliphatic heterocycles. The molecule has 1 heterocycles. The van der Waals surface area contributed by atoms with Crippen molar-refractivity contribution in [3.8, 4) is 6.07 Å². The van der Waals surface area contributed by atoms with Crippen molar-refractivity contribution in [3.63, 3.8) is 0 Å². The largest absolute Gasteiger partial charge is 0.324 e. The van der Waals surface area contributed by atoms with Crippen molar-refractivity contribution in [2.75, 3.05) is 5.32 Å². The van der Waals surface area contributed by atoms with Gasteiger partial charge in [-0.05, 0) is 54.4 Å². The van der Waals surface area contributed by atoms with Crippen LogP contribution < -0.4 is 5.32 Å². The molecule has 0 aliphatic rings. The molecule has 25 heavy (non-hydrogen) atoms. The van der Waals surface area contributed by atoms with Crippen molar-refractivity contribution in [2.24, 2.45) is 0 Å². The van der Waals surface area contributed by atoms with Gasteiger partial charge in [0.2, 0.25) is 5.95 Å². The molecule has 0 saturated carbocycles. The molecule has 0 spiro atoms. The van der Waals surface area contributed by atoms with E-state index in [1.54, 1.807) is 18.3 Å². The first-order valence-corrected chi connectivity index (χ1v) is 8.35. The summed E-state index contributed by atoms with van der Waals surface area (Å²) in [4.78, 5) is 8.89. The van der Waals surface area contributed by atoms with E-state index >= 15 is 0 Å². The Morgan fingerprint density at radius 1 is 1.08 bits per heavy atom. The Labute approximate surface area is 156 Å². The van der Waals surface area contributed by atoms with Crippen LogP contribution in [0.5, 0.6) is 0 Å². The van der Waals surface area contributed by atoms with Gasteiger partial charge >= 0.3 is 0 Å². The summed E-state index contributed by atoms with van der Waals surface area (Å²) in [5, 5.41) is 13.2. The number of hydrogen-bond acceptors (Lipinski definition) is 4. The number of aromatic nitrogens is 2. The topological polar surface area (TPSA) is 61.6 Å².